The molecular formula is C16H24N4. The fourth-order valence-electron chi connectivity index (χ4n) is 2.34. The number of nitrogens with one attached hydrogen (secondary N) is 1. The van der Waals surface area contributed by atoms with E-state index in [2.05, 4.69) is 61.8 Å². The van der Waals surface area contributed by atoms with Crippen molar-refractivity contribution in [1.82, 2.24) is 15.2 Å². The highest BCUT2D eigenvalue weighted by Gasteiger charge is 2.14. The quantitative estimate of drug-likeness (QED) is 0.628. The minimum absolute atomic E-state index is 0.0122. The lowest BCUT2D eigenvalue weighted by molar-refractivity contribution is 0.598. The highest BCUT2D eigenvalue weighted by Crippen LogP contribution is 2.23. The van der Waals surface area contributed by atoms with E-state index in [-0.39, 0.29) is 6.04 Å². The molecule has 2 aromatic rings. The van der Waals surface area contributed by atoms with Crippen LogP contribution in [-0.4, -0.2) is 9.78 Å². The van der Waals surface area contributed by atoms with E-state index in [1.807, 2.05) is 10.9 Å². The summed E-state index contributed by atoms with van der Waals surface area (Å²) in [7, 11) is 0. The molecule has 0 saturated heterocycles. The van der Waals surface area contributed by atoms with Gasteiger partial charge in [-0.2, -0.15) is 5.10 Å². The summed E-state index contributed by atoms with van der Waals surface area (Å²) >= 11 is 0. The summed E-state index contributed by atoms with van der Waals surface area (Å²) in [5.74, 6) is 6.27. The van der Waals surface area contributed by atoms with Gasteiger partial charge >= 0.3 is 0 Å². The Morgan fingerprint density at radius 1 is 1.15 bits per heavy atom. The van der Waals surface area contributed by atoms with Crippen molar-refractivity contribution in [1.29, 1.82) is 0 Å². The van der Waals surface area contributed by atoms with Crippen LogP contribution in [0.3, 0.4) is 0 Å². The average molecular weight is 272 g/mol. The largest absolute Gasteiger partial charge is 0.272 e. The number of hydrazine groups is 1. The molecule has 0 aliphatic rings. The summed E-state index contributed by atoms with van der Waals surface area (Å²) in [6.45, 7) is 7.47. The molecule has 0 bridgehead atoms. The molecule has 108 valence electrons. The minimum Gasteiger partial charge on any atom is -0.272 e. The van der Waals surface area contributed by atoms with E-state index in [0.29, 0.717) is 5.92 Å². The highest BCUT2D eigenvalue weighted by atomic mass is 15.3. The zero-order valence-corrected chi connectivity index (χ0v) is 12.5. The second-order valence-corrected chi connectivity index (χ2v) is 5.46. The number of aromatic nitrogens is 2. The predicted octanol–water partition coefficient (Wildman–Crippen LogP) is 2.97. The van der Waals surface area contributed by atoms with Gasteiger partial charge < -0.3 is 0 Å². The first-order valence-corrected chi connectivity index (χ1v) is 7.24. The Morgan fingerprint density at radius 2 is 1.80 bits per heavy atom. The van der Waals surface area contributed by atoms with Crippen molar-refractivity contribution in [2.75, 3.05) is 0 Å². The zero-order chi connectivity index (χ0) is 14.5. The number of nitrogens with zero attached hydrogens (tertiary/aromatic N) is 2. The predicted molar refractivity (Wildman–Crippen MR) is 82.2 cm³/mol. The Hall–Kier alpha value is -1.65. The Bertz CT molecular complexity index is 528. The van der Waals surface area contributed by atoms with E-state index >= 15 is 0 Å². The van der Waals surface area contributed by atoms with Gasteiger partial charge in [-0.05, 0) is 23.5 Å². The fraction of sp³-hybridized carbons (Fsp3) is 0.438. The molecule has 4 heteroatoms. The standard InChI is InChI=1S/C16H24N4/c1-4-9-20-11-15(10-18-20)16(19-17)14-7-5-13(6-8-14)12(2)3/h5-8,10-12,16,19H,4,9,17H2,1-3H3. The van der Waals surface area contributed by atoms with Crippen LogP contribution in [0.2, 0.25) is 0 Å². The summed E-state index contributed by atoms with van der Waals surface area (Å²) in [5.41, 5.74) is 6.48. The van der Waals surface area contributed by atoms with Gasteiger partial charge in [0.2, 0.25) is 0 Å². The van der Waals surface area contributed by atoms with E-state index in [9.17, 15) is 0 Å². The normalized spacial score (nSPS) is 12.8. The van der Waals surface area contributed by atoms with Gasteiger partial charge in [-0.3, -0.25) is 10.5 Å². The Labute approximate surface area is 121 Å². The van der Waals surface area contributed by atoms with Crippen molar-refractivity contribution in [2.45, 2.75) is 45.7 Å². The maximum absolute atomic E-state index is 5.73. The molecule has 0 aliphatic carbocycles. The number of hydrogen-bond acceptors (Lipinski definition) is 3. The summed E-state index contributed by atoms with van der Waals surface area (Å²) < 4.78 is 1.96. The molecule has 0 amide bonds. The third-order valence-electron chi connectivity index (χ3n) is 3.54. The lowest BCUT2D eigenvalue weighted by Gasteiger charge is -2.16. The van der Waals surface area contributed by atoms with Crippen molar-refractivity contribution >= 4 is 0 Å². The third kappa shape index (κ3) is 3.26. The maximum atomic E-state index is 5.73. The van der Waals surface area contributed by atoms with Gasteiger partial charge in [0.05, 0.1) is 12.2 Å². The third-order valence-corrected chi connectivity index (χ3v) is 3.54. The number of benzene rings is 1. The number of aryl methyl sites for hydroxylation is 1. The molecule has 3 N–H and O–H groups in total. The Morgan fingerprint density at radius 3 is 2.35 bits per heavy atom. The van der Waals surface area contributed by atoms with Crippen LogP contribution in [0.15, 0.2) is 36.7 Å². The van der Waals surface area contributed by atoms with Gasteiger partial charge in [0.25, 0.3) is 0 Å². The van der Waals surface area contributed by atoms with E-state index in [1.54, 1.807) is 0 Å². The first-order valence-electron chi connectivity index (χ1n) is 7.24. The van der Waals surface area contributed by atoms with Crippen LogP contribution in [0.1, 0.15) is 55.8 Å². The maximum Gasteiger partial charge on any atom is 0.0740 e. The number of hydrogen-bond donors (Lipinski definition) is 2. The van der Waals surface area contributed by atoms with Crippen molar-refractivity contribution in [3.8, 4) is 0 Å². The molecule has 0 fully saturated rings. The summed E-state index contributed by atoms with van der Waals surface area (Å²) in [5, 5.41) is 4.37. The van der Waals surface area contributed by atoms with E-state index in [0.717, 1.165) is 24.1 Å². The Kier molecular flexibility index (Phi) is 4.93. The number of rotatable bonds is 6. The molecule has 2 rings (SSSR count). The first kappa shape index (κ1) is 14.8. The van der Waals surface area contributed by atoms with E-state index < -0.39 is 0 Å². The van der Waals surface area contributed by atoms with Crippen molar-refractivity contribution < 1.29 is 0 Å². The molecule has 20 heavy (non-hydrogen) atoms. The van der Waals surface area contributed by atoms with Crippen LogP contribution in [0.25, 0.3) is 0 Å². The van der Waals surface area contributed by atoms with Crippen LogP contribution in [-0.2, 0) is 6.54 Å². The van der Waals surface area contributed by atoms with Crippen LogP contribution < -0.4 is 11.3 Å². The lowest BCUT2D eigenvalue weighted by atomic mass is 9.97. The molecule has 1 aromatic carbocycles. The second-order valence-electron chi connectivity index (χ2n) is 5.46. The SMILES string of the molecule is CCCn1cc(C(NN)c2ccc(C(C)C)cc2)cn1. The molecule has 4 nitrogen and oxygen atoms in total. The molecule has 1 unspecified atom stereocenters. The van der Waals surface area contributed by atoms with Crippen LogP contribution in [0, 0.1) is 0 Å². The molecule has 0 spiro atoms. The Balaban J connectivity index is 2.22. The van der Waals surface area contributed by atoms with Crippen LogP contribution in [0.5, 0.6) is 0 Å². The highest BCUT2D eigenvalue weighted by molar-refractivity contribution is 5.32. The van der Waals surface area contributed by atoms with Gasteiger partial charge in [-0.25, -0.2) is 5.43 Å². The summed E-state index contributed by atoms with van der Waals surface area (Å²) in [4.78, 5) is 0. The summed E-state index contributed by atoms with van der Waals surface area (Å²) in [6.07, 6.45) is 5.02. The monoisotopic (exact) mass is 272 g/mol. The fourth-order valence-corrected chi connectivity index (χ4v) is 2.34. The summed E-state index contributed by atoms with van der Waals surface area (Å²) in [6, 6.07) is 8.59. The molecule has 1 aromatic heterocycles. The lowest BCUT2D eigenvalue weighted by Crippen LogP contribution is -2.28. The zero-order valence-electron chi connectivity index (χ0n) is 12.5. The van der Waals surface area contributed by atoms with E-state index in [4.69, 9.17) is 5.84 Å². The first-order chi connectivity index (χ1) is 9.65. The van der Waals surface area contributed by atoms with Gasteiger partial charge in [0, 0.05) is 18.3 Å². The van der Waals surface area contributed by atoms with Crippen LogP contribution >= 0.6 is 0 Å². The van der Waals surface area contributed by atoms with Crippen molar-refractivity contribution in [2.24, 2.45) is 5.84 Å². The smallest absolute Gasteiger partial charge is 0.0740 e. The van der Waals surface area contributed by atoms with Gasteiger partial charge in [0.1, 0.15) is 0 Å². The van der Waals surface area contributed by atoms with Crippen molar-refractivity contribution in [3.05, 3.63) is 53.3 Å². The van der Waals surface area contributed by atoms with Gasteiger partial charge in [0.15, 0.2) is 0 Å². The van der Waals surface area contributed by atoms with Crippen molar-refractivity contribution in [3.63, 3.8) is 0 Å². The molecule has 1 heterocycles. The second kappa shape index (κ2) is 6.68. The van der Waals surface area contributed by atoms with Crippen LogP contribution in [0.4, 0.5) is 0 Å². The number of nitrogens with two attached hydrogens (primary N) is 1. The van der Waals surface area contributed by atoms with E-state index in [1.165, 1.54) is 5.56 Å². The van der Waals surface area contributed by atoms with Gasteiger partial charge in [-0.1, -0.05) is 45.0 Å². The molecule has 1 atom stereocenters. The average Bonchev–Trinajstić information content (AvgIpc) is 2.89. The van der Waals surface area contributed by atoms with Gasteiger partial charge in [-0.15, -0.1) is 0 Å². The topological polar surface area (TPSA) is 55.9 Å². The molecule has 0 radical (unpaired) electrons. The molecular weight excluding hydrogens is 248 g/mol. The molecule has 0 aliphatic heterocycles. The minimum atomic E-state index is -0.0122. The molecule has 0 saturated carbocycles.